The van der Waals surface area contributed by atoms with E-state index in [2.05, 4.69) is 0 Å². The summed E-state index contributed by atoms with van der Waals surface area (Å²) in [6.45, 7) is 0. The lowest BCUT2D eigenvalue weighted by Crippen LogP contribution is -2.37. The van der Waals surface area contributed by atoms with Gasteiger partial charge in [-0.1, -0.05) is 12.1 Å². The quantitative estimate of drug-likeness (QED) is 0.487. The van der Waals surface area contributed by atoms with Crippen LogP contribution in [0.15, 0.2) is 48.5 Å². The van der Waals surface area contributed by atoms with Crippen molar-refractivity contribution in [2.24, 2.45) is 11.7 Å². The maximum atomic E-state index is 10.5. The Kier molecular flexibility index (Phi) is 3.22. The summed E-state index contributed by atoms with van der Waals surface area (Å²) in [7, 11) is 0. The van der Waals surface area contributed by atoms with E-state index in [-0.39, 0.29) is 5.69 Å². The van der Waals surface area contributed by atoms with Gasteiger partial charge in [-0.25, -0.2) is 16.8 Å². The van der Waals surface area contributed by atoms with E-state index in [9.17, 15) is 10.1 Å². The van der Waals surface area contributed by atoms with Crippen LogP contribution in [0.1, 0.15) is 0 Å². The number of rotatable bonds is 3. The van der Waals surface area contributed by atoms with Crippen LogP contribution in [0.25, 0.3) is 11.1 Å². The van der Waals surface area contributed by atoms with E-state index in [0.717, 1.165) is 16.2 Å². The summed E-state index contributed by atoms with van der Waals surface area (Å²) in [4.78, 5) is 10.1. The molecule has 2 rings (SSSR count). The largest absolute Gasteiger partial charge is 0.269 e. The second kappa shape index (κ2) is 4.82. The van der Waals surface area contributed by atoms with E-state index in [1.165, 1.54) is 12.1 Å². The van der Waals surface area contributed by atoms with E-state index < -0.39 is 4.92 Å². The Morgan fingerprint density at radius 3 is 1.72 bits per heavy atom. The van der Waals surface area contributed by atoms with Gasteiger partial charge in [0.05, 0.1) is 10.6 Å². The molecule has 0 bridgehead atoms. The molecule has 18 heavy (non-hydrogen) atoms. The fraction of sp³-hybridized carbons (Fsp3) is 0. The molecular formula is C12H12N4O2. The number of nitrogens with two attached hydrogens (primary N) is 2. The summed E-state index contributed by atoms with van der Waals surface area (Å²) in [5, 5.41) is 11.6. The number of hydrogen-bond acceptors (Lipinski definition) is 5. The van der Waals surface area contributed by atoms with Crippen LogP contribution >= 0.6 is 0 Å². The van der Waals surface area contributed by atoms with Gasteiger partial charge in [0.2, 0.25) is 0 Å². The number of anilines is 1. The molecule has 6 heteroatoms. The lowest BCUT2D eigenvalue weighted by molar-refractivity contribution is -0.384. The van der Waals surface area contributed by atoms with Gasteiger partial charge < -0.3 is 0 Å². The molecule has 0 unspecified atom stereocenters. The average molecular weight is 244 g/mol. The van der Waals surface area contributed by atoms with Gasteiger partial charge in [0.15, 0.2) is 0 Å². The summed E-state index contributed by atoms with van der Waals surface area (Å²) in [6, 6.07) is 13.6. The Labute approximate surface area is 104 Å². The Hall–Kier alpha value is -2.44. The SMILES string of the molecule is NN(N)c1ccc(-c2ccc([N+](=O)[O-])cc2)cc1. The number of non-ortho nitro benzene ring substituents is 1. The molecule has 0 aliphatic rings. The summed E-state index contributed by atoms with van der Waals surface area (Å²) in [6.07, 6.45) is 0. The molecule has 92 valence electrons. The van der Waals surface area contributed by atoms with Crippen LogP contribution in [-0.4, -0.2) is 4.92 Å². The molecule has 0 spiro atoms. The summed E-state index contributed by atoms with van der Waals surface area (Å²) in [5.41, 5.74) is 2.59. The highest BCUT2D eigenvalue weighted by Gasteiger charge is 2.05. The van der Waals surface area contributed by atoms with Crippen molar-refractivity contribution in [3.05, 3.63) is 58.6 Å². The molecule has 2 aromatic carbocycles. The third kappa shape index (κ3) is 2.45. The van der Waals surface area contributed by atoms with E-state index in [0.29, 0.717) is 5.69 Å². The minimum atomic E-state index is -0.423. The minimum absolute atomic E-state index is 0.0745. The molecule has 0 fully saturated rings. The molecule has 0 aromatic heterocycles. The van der Waals surface area contributed by atoms with E-state index in [4.69, 9.17) is 11.7 Å². The minimum Gasteiger partial charge on any atom is -0.258 e. The van der Waals surface area contributed by atoms with Crippen LogP contribution in [0, 0.1) is 10.1 Å². The summed E-state index contributed by atoms with van der Waals surface area (Å²) < 4.78 is 0. The topological polar surface area (TPSA) is 98.4 Å². The first-order valence-corrected chi connectivity index (χ1v) is 5.22. The number of hydrogen-bond donors (Lipinski definition) is 2. The van der Waals surface area contributed by atoms with Gasteiger partial charge in [-0.2, -0.15) is 0 Å². The fourth-order valence-corrected chi connectivity index (χ4v) is 1.60. The molecule has 0 aliphatic carbocycles. The lowest BCUT2D eigenvalue weighted by atomic mass is 10.1. The van der Waals surface area contributed by atoms with Crippen LogP contribution in [0.3, 0.4) is 0 Å². The average Bonchev–Trinajstić information content (AvgIpc) is 2.39. The molecular weight excluding hydrogens is 232 g/mol. The van der Waals surface area contributed by atoms with Crippen molar-refractivity contribution in [1.29, 1.82) is 0 Å². The van der Waals surface area contributed by atoms with Crippen molar-refractivity contribution in [3.8, 4) is 11.1 Å². The number of hydrazine groups is 2. The fourth-order valence-electron chi connectivity index (χ4n) is 1.60. The summed E-state index contributed by atoms with van der Waals surface area (Å²) >= 11 is 0. The number of nitro groups is 1. The Morgan fingerprint density at radius 2 is 1.33 bits per heavy atom. The zero-order valence-corrected chi connectivity index (χ0v) is 9.48. The van der Waals surface area contributed by atoms with Crippen LogP contribution in [0.2, 0.25) is 0 Å². The summed E-state index contributed by atoms with van der Waals surface area (Å²) in [5.74, 6) is 10.8. The van der Waals surface area contributed by atoms with Gasteiger partial charge >= 0.3 is 0 Å². The molecule has 2 aromatic rings. The smallest absolute Gasteiger partial charge is 0.258 e. The third-order valence-corrected chi connectivity index (χ3v) is 2.58. The highest BCUT2D eigenvalue weighted by atomic mass is 16.6. The molecule has 0 saturated carbocycles. The van der Waals surface area contributed by atoms with Crippen LogP contribution in [0.4, 0.5) is 11.4 Å². The highest BCUT2D eigenvalue weighted by molar-refractivity contribution is 5.67. The molecule has 0 saturated heterocycles. The first kappa shape index (κ1) is 12.0. The molecule has 6 nitrogen and oxygen atoms in total. The molecule has 4 N–H and O–H groups in total. The van der Waals surface area contributed by atoms with Gasteiger partial charge in [0, 0.05) is 12.1 Å². The van der Waals surface area contributed by atoms with Gasteiger partial charge in [-0.15, -0.1) is 0 Å². The molecule has 0 amide bonds. The van der Waals surface area contributed by atoms with Gasteiger partial charge in [-0.05, 0) is 35.4 Å². The molecule has 0 radical (unpaired) electrons. The maximum Gasteiger partial charge on any atom is 0.269 e. The lowest BCUT2D eigenvalue weighted by Gasteiger charge is -2.11. The van der Waals surface area contributed by atoms with Crippen LogP contribution in [0.5, 0.6) is 0 Å². The van der Waals surface area contributed by atoms with Gasteiger partial charge in [-0.3, -0.25) is 10.1 Å². The number of nitrogens with zero attached hydrogens (tertiary/aromatic N) is 2. The number of benzene rings is 2. The van der Waals surface area contributed by atoms with E-state index in [1.54, 1.807) is 24.3 Å². The second-order valence-corrected chi connectivity index (χ2v) is 3.76. The first-order chi connectivity index (χ1) is 8.58. The third-order valence-electron chi connectivity index (χ3n) is 2.58. The Balaban J connectivity index is 2.28. The van der Waals surface area contributed by atoms with Crippen molar-refractivity contribution in [1.82, 2.24) is 0 Å². The zero-order valence-electron chi connectivity index (χ0n) is 9.48. The molecule has 0 aliphatic heterocycles. The Morgan fingerprint density at radius 1 is 0.889 bits per heavy atom. The van der Waals surface area contributed by atoms with Crippen molar-refractivity contribution in [2.45, 2.75) is 0 Å². The predicted molar refractivity (Wildman–Crippen MR) is 69.4 cm³/mol. The molecule has 0 heterocycles. The van der Waals surface area contributed by atoms with Crippen LogP contribution < -0.4 is 16.8 Å². The molecule has 0 atom stereocenters. The normalized spacial score (nSPS) is 10.1. The van der Waals surface area contributed by atoms with Gasteiger partial charge in [0.25, 0.3) is 5.69 Å². The standard InChI is InChI=1S/C12H12N4O2/c13-15(14)11-5-1-9(2-6-11)10-3-7-12(8-4-10)16(17)18/h1-8H,13-14H2. The first-order valence-electron chi connectivity index (χ1n) is 5.22. The van der Waals surface area contributed by atoms with Crippen LogP contribution in [-0.2, 0) is 0 Å². The monoisotopic (exact) mass is 244 g/mol. The van der Waals surface area contributed by atoms with E-state index >= 15 is 0 Å². The maximum absolute atomic E-state index is 10.5. The van der Waals surface area contributed by atoms with E-state index in [1.807, 2.05) is 12.1 Å². The van der Waals surface area contributed by atoms with Crippen molar-refractivity contribution in [2.75, 3.05) is 5.12 Å². The van der Waals surface area contributed by atoms with Crippen molar-refractivity contribution in [3.63, 3.8) is 0 Å². The Bertz CT molecular complexity index is 549. The predicted octanol–water partition coefficient (Wildman–Crippen LogP) is 1.82. The highest BCUT2D eigenvalue weighted by Crippen LogP contribution is 2.23. The van der Waals surface area contributed by atoms with Crippen molar-refractivity contribution < 1.29 is 4.92 Å². The number of nitro benzene ring substituents is 1. The van der Waals surface area contributed by atoms with Gasteiger partial charge in [0.1, 0.15) is 0 Å². The zero-order chi connectivity index (χ0) is 13.1. The van der Waals surface area contributed by atoms with Crippen molar-refractivity contribution >= 4 is 11.4 Å². The second-order valence-electron chi connectivity index (χ2n) is 3.76.